The molecule has 0 amide bonds. The topological polar surface area (TPSA) is 29.5 Å². The van der Waals surface area contributed by atoms with Crippen LogP contribution in [0.2, 0.25) is 0 Å². The van der Waals surface area contributed by atoms with Crippen LogP contribution in [-0.4, -0.2) is 17.5 Å². The van der Waals surface area contributed by atoms with Gasteiger partial charge in [0.25, 0.3) is 0 Å². The molecular formula is C10H18O2. The molecule has 1 aliphatic rings. The van der Waals surface area contributed by atoms with Crippen LogP contribution in [0.4, 0.5) is 0 Å². The second kappa shape index (κ2) is 5.33. The number of hydrogen-bond donors (Lipinski definition) is 1. The summed E-state index contributed by atoms with van der Waals surface area (Å²) in [6.45, 7) is 2.17. The molecule has 0 aromatic carbocycles. The molecule has 1 aliphatic heterocycles. The SMILES string of the molecule is CCCCC1CC=CCC(O)O1. The highest BCUT2D eigenvalue weighted by atomic mass is 16.6. The number of rotatable bonds is 3. The average molecular weight is 170 g/mol. The number of aliphatic hydroxyl groups is 1. The van der Waals surface area contributed by atoms with Crippen LogP contribution >= 0.6 is 0 Å². The molecule has 2 heteroatoms. The Morgan fingerprint density at radius 3 is 2.92 bits per heavy atom. The van der Waals surface area contributed by atoms with Crippen LogP contribution in [0.5, 0.6) is 0 Å². The summed E-state index contributed by atoms with van der Waals surface area (Å²) in [6.07, 6.45) is 8.81. The Bertz CT molecular complexity index is 143. The quantitative estimate of drug-likeness (QED) is 0.658. The third-order valence-electron chi connectivity index (χ3n) is 2.13. The van der Waals surface area contributed by atoms with Crippen LogP contribution < -0.4 is 0 Å². The summed E-state index contributed by atoms with van der Waals surface area (Å²) < 4.78 is 5.41. The Hall–Kier alpha value is -0.340. The van der Waals surface area contributed by atoms with Gasteiger partial charge in [0.2, 0.25) is 0 Å². The van der Waals surface area contributed by atoms with E-state index in [1.807, 2.05) is 6.08 Å². The Labute approximate surface area is 74.2 Å². The Kier molecular flexibility index (Phi) is 4.33. The molecule has 0 saturated heterocycles. The third kappa shape index (κ3) is 3.37. The fourth-order valence-corrected chi connectivity index (χ4v) is 1.41. The molecule has 1 rings (SSSR count). The summed E-state index contributed by atoms with van der Waals surface area (Å²) in [5, 5.41) is 9.29. The molecule has 0 aliphatic carbocycles. The molecule has 2 unspecified atom stereocenters. The molecule has 0 aromatic rings. The van der Waals surface area contributed by atoms with Crippen molar-refractivity contribution in [2.75, 3.05) is 0 Å². The first-order chi connectivity index (χ1) is 5.83. The zero-order chi connectivity index (χ0) is 8.81. The fraction of sp³-hybridized carbons (Fsp3) is 0.800. The minimum Gasteiger partial charge on any atom is -0.368 e. The van der Waals surface area contributed by atoms with E-state index in [9.17, 15) is 5.11 Å². The molecule has 0 radical (unpaired) electrons. The van der Waals surface area contributed by atoms with Crippen molar-refractivity contribution in [3.05, 3.63) is 12.2 Å². The molecule has 0 saturated carbocycles. The lowest BCUT2D eigenvalue weighted by molar-refractivity contribution is -0.131. The van der Waals surface area contributed by atoms with E-state index in [1.54, 1.807) is 0 Å². The Morgan fingerprint density at radius 1 is 1.42 bits per heavy atom. The Balaban J connectivity index is 2.27. The van der Waals surface area contributed by atoms with Gasteiger partial charge in [-0.05, 0) is 12.8 Å². The molecule has 2 atom stereocenters. The van der Waals surface area contributed by atoms with Crippen LogP contribution in [-0.2, 0) is 4.74 Å². The van der Waals surface area contributed by atoms with Gasteiger partial charge in [0.05, 0.1) is 6.10 Å². The first-order valence-electron chi connectivity index (χ1n) is 4.81. The molecule has 2 nitrogen and oxygen atoms in total. The van der Waals surface area contributed by atoms with E-state index in [4.69, 9.17) is 4.74 Å². The summed E-state index contributed by atoms with van der Waals surface area (Å²) in [4.78, 5) is 0. The van der Waals surface area contributed by atoms with Crippen molar-refractivity contribution in [2.45, 2.75) is 51.4 Å². The highest BCUT2D eigenvalue weighted by Crippen LogP contribution is 2.16. The zero-order valence-corrected chi connectivity index (χ0v) is 7.70. The van der Waals surface area contributed by atoms with Crippen molar-refractivity contribution in [3.63, 3.8) is 0 Å². The van der Waals surface area contributed by atoms with Crippen LogP contribution in [0.15, 0.2) is 12.2 Å². The molecule has 1 heterocycles. The van der Waals surface area contributed by atoms with E-state index in [-0.39, 0.29) is 6.10 Å². The summed E-state index contributed by atoms with van der Waals surface area (Å²) in [5.41, 5.74) is 0. The van der Waals surface area contributed by atoms with Gasteiger partial charge in [0, 0.05) is 6.42 Å². The molecule has 1 N–H and O–H groups in total. The van der Waals surface area contributed by atoms with Gasteiger partial charge < -0.3 is 9.84 Å². The molecule has 0 fully saturated rings. The molecule has 12 heavy (non-hydrogen) atoms. The molecule has 0 bridgehead atoms. The van der Waals surface area contributed by atoms with Crippen molar-refractivity contribution < 1.29 is 9.84 Å². The van der Waals surface area contributed by atoms with Crippen molar-refractivity contribution in [1.82, 2.24) is 0 Å². The van der Waals surface area contributed by atoms with Crippen molar-refractivity contribution in [3.8, 4) is 0 Å². The van der Waals surface area contributed by atoms with Gasteiger partial charge in [-0.25, -0.2) is 0 Å². The average Bonchev–Trinajstić information content (AvgIpc) is 2.26. The molecule has 70 valence electrons. The normalized spacial score (nSPS) is 30.2. The van der Waals surface area contributed by atoms with Gasteiger partial charge in [-0.3, -0.25) is 0 Å². The van der Waals surface area contributed by atoms with Crippen LogP contribution in [0, 0.1) is 0 Å². The first kappa shape index (κ1) is 9.75. The summed E-state index contributed by atoms with van der Waals surface area (Å²) in [5.74, 6) is 0. The second-order valence-corrected chi connectivity index (χ2v) is 3.30. The summed E-state index contributed by atoms with van der Waals surface area (Å²) >= 11 is 0. The fourth-order valence-electron chi connectivity index (χ4n) is 1.41. The van der Waals surface area contributed by atoms with Crippen molar-refractivity contribution in [1.29, 1.82) is 0 Å². The lowest BCUT2D eigenvalue weighted by Crippen LogP contribution is -2.19. The van der Waals surface area contributed by atoms with Gasteiger partial charge >= 0.3 is 0 Å². The predicted octanol–water partition coefficient (Wildman–Crippen LogP) is 2.23. The first-order valence-corrected chi connectivity index (χ1v) is 4.81. The monoisotopic (exact) mass is 170 g/mol. The minimum absolute atomic E-state index is 0.235. The van der Waals surface area contributed by atoms with E-state index in [0.717, 1.165) is 12.8 Å². The number of aliphatic hydroxyl groups excluding tert-OH is 1. The van der Waals surface area contributed by atoms with E-state index < -0.39 is 6.29 Å². The van der Waals surface area contributed by atoms with Crippen LogP contribution in [0.25, 0.3) is 0 Å². The van der Waals surface area contributed by atoms with Gasteiger partial charge in [0.1, 0.15) is 0 Å². The van der Waals surface area contributed by atoms with Crippen molar-refractivity contribution >= 4 is 0 Å². The second-order valence-electron chi connectivity index (χ2n) is 3.30. The van der Waals surface area contributed by atoms with E-state index >= 15 is 0 Å². The highest BCUT2D eigenvalue weighted by molar-refractivity contribution is 4.88. The number of hydrogen-bond acceptors (Lipinski definition) is 2. The van der Waals surface area contributed by atoms with Gasteiger partial charge in [-0.2, -0.15) is 0 Å². The summed E-state index contributed by atoms with van der Waals surface area (Å²) in [6, 6.07) is 0. The van der Waals surface area contributed by atoms with Crippen LogP contribution in [0.1, 0.15) is 39.0 Å². The predicted molar refractivity (Wildman–Crippen MR) is 48.8 cm³/mol. The lowest BCUT2D eigenvalue weighted by Gasteiger charge is -2.17. The standard InChI is InChI=1S/C10H18O2/c1-2-3-6-9-7-4-5-8-10(11)12-9/h4-5,9-11H,2-3,6-8H2,1H3. The maximum absolute atomic E-state index is 9.29. The van der Waals surface area contributed by atoms with Gasteiger partial charge in [-0.15, -0.1) is 0 Å². The highest BCUT2D eigenvalue weighted by Gasteiger charge is 2.14. The number of unbranched alkanes of at least 4 members (excludes halogenated alkanes) is 1. The molecule has 0 aromatic heterocycles. The number of ether oxygens (including phenoxy) is 1. The zero-order valence-electron chi connectivity index (χ0n) is 7.70. The van der Waals surface area contributed by atoms with Crippen LogP contribution in [0.3, 0.4) is 0 Å². The maximum Gasteiger partial charge on any atom is 0.158 e. The Morgan fingerprint density at radius 2 is 2.17 bits per heavy atom. The van der Waals surface area contributed by atoms with E-state index in [2.05, 4.69) is 13.0 Å². The van der Waals surface area contributed by atoms with Crippen molar-refractivity contribution in [2.24, 2.45) is 0 Å². The molecule has 0 spiro atoms. The minimum atomic E-state index is -0.578. The van der Waals surface area contributed by atoms with Gasteiger partial charge in [0.15, 0.2) is 6.29 Å². The maximum atomic E-state index is 9.29. The lowest BCUT2D eigenvalue weighted by atomic mass is 10.1. The van der Waals surface area contributed by atoms with E-state index in [0.29, 0.717) is 6.42 Å². The molecular weight excluding hydrogens is 152 g/mol. The van der Waals surface area contributed by atoms with Gasteiger partial charge in [-0.1, -0.05) is 31.9 Å². The smallest absolute Gasteiger partial charge is 0.158 e. The third-order valence-corrected chi connectivity index (χ3v) is 2.13. The largest absolute Gasteiger partial charge is 0.368 e. The summed E-state index contributed by atoms with van der Waals surface area (Å²) in [7, 11) is 0. The van der Waals surface area contributed by atoms with E-state index in [1.165, 1.54) is 12.8 Å².